The van der Waals surface area contributed by atoms with Gasteiger partial charge in [0.05, 0.1) is 5.71 Å². The minimum Gasteiger partial charge on any atom is -0.411 e. The van der Waals surface area contributed by atoms with Crippen LogP contribution in [0.3, 0.4) is 0 Å². The smallest absolute Gasteiger partial charge is 0.0603 e. The average Bonchev–Trinajstić information content (AvgIpc) is 2.06. The second-order valence-electron chi connectivity index (χ2n) is 3.70. The fraction of sp³-hybridized carbons (Fsp3) is 0.900. The van der Waals surface area contributed by atoms with Crippen molar-refractivity contribution in [3.05, 3.63) is 0 Å². The van der Waals surface area contributed by atoms with E-state index in [1.807, 2.05) is 6.92 Å². The number of nitrogens with zero attached hydrogens (tertiary/aromatic N) is 1. The molecule has 0 aliphatic carbocycles. The highest BCUT2D eigenvalue weighted by Gasteiger charge is 2.33. The lowest BCUT2D eigenvalue weighted by Crippen LogP contribution is -2.33. The van der Waals surface area contributed by atoms with Crippen molar-refractivity contribution in [2.75, 3.05) is 0 Å². The first kappa shape index (κ1) is 11.5. The molecule has 0 saturated carbocycles. The second-order valence-corrected chi connectivity index (χ2v) is 3.70. The summed E-state index contributed by atoms with van der Waals surface area (Å²) >= 11 is 0. The lowest BCUT2D eigenvalue weighted by molar-refractivity contribution is 0.248. The quantitative estimate of drug-likeness (QED) is 0.393. The molecule has 0 amide bonds. The highest BCUT2D eigenvalue weighted by molar-refractivity contribution is 5.87. The Labute approximate surface area is 75.7 Å². The lowest BCUT2D eigenvalue weighted by atomic mass is 9.70. The van der Waals surface area contributed by atoms with E-state index in [0.717, 1.165) is 18.6 Å². The Kier molecular flexibility index (Phi) is 4.29. The molecule has 0 aromatic heterocycles. The lowest BCUT2D eigenvalue weighted by Gasteiger charge is -2.35. The summed E-state index contributed by atoms with van der Waals surface area (Å²) < 4.78 is 0. The van der Waals surface area contributed by atoms with Crippen molar-refractivity contribution in [2.45, 2.75) is 47.5 Å². The van der Waals surface area contributed by atoms with Gasteiger partial charge in [0.25, 0.3) is 0 Å². The molecule has 0 rings (SSSR count). The maximum atomic E-state index is 8.77. The molecular weight excluding hydrogens is 150 g/mol. The van der Waals surface area contributed by atoms with Crippen LogP contribution in [0.15, 0.2) is 5.16 Å². The molecule has 0 aromatic rings. The molecule has 0 saturated heterocycles. The van der Waals surface area contributed by atoms with Crippen molar-refractivity contribution in [1.82, 2.24) is 0 Å². The largest absolute Gasteiger partial charge is 0.411 e. The van der Waals surface area contributed by atoms with E-state index in [4.69, 9.17) is 5.21 Å². The van der Waals surface area contributed by atoms with Crippen molar-refractivity contribution < 1.29 is 5.21 Å². The van der Waals surface area contributed by atoms with E-state index in [2.05, 4.69) is 32.9 Å². The molecule has 2 heteroatoms. The van der Waals surface area contributed by atoms with Gasteiger partial charge in [-0.3, -0.25) is 0 Å². The number of hydrogen-bond donors (Lipinski definition) is 1. The summed E-state index contributed by atoms with van der Waals surface area (Å²) in [6.07, 6.45) is 2.08. The van der Waals surface area contributed by atoms with Gasteiger partial charge in [-0.2, -0.15) is 0 Å². The van der Waals surface area contributed by atoms with Crippen LogP contribution in [0.5, 0.6) is 0 Å². The average molecular weight is 171 g/mol. The molecule has 12 heavy (non-hydrogen) atoms. The summed E-state index contributed by atoms with van der Waals surface area (Å²) in [6.45, 7) is 10.6. The van der Waals surface area contributed by atoms with E-state index in [-0.39, 0.29) is 5.41 Å². The maximum absolute atomic E-state index is 8.77. The number of hydrogen-bond acceptors (Lipinski definition) is 2. The molecule has 0 aliphatic rings. The van der Waals surface area contributed by atoms with Crippen LogP contribution >= 0.6 is 0 Å². The molecule has 0 fully saturated rings. The van der Waals surface area contributed by atoms with Gasteiger partial charge in [-0.25, -0.2) is 0 Å². The first-order chi connectivity index (χ1) is 5.55. The van der Waals surface area contributed by atoms with Crippen LogP contribution in [-0.4, -0.2) is 10.9 Å². The van der Waals surface area contributed by atoms with Crippen LogP contribution in [0.25, 0.3) is 0 Å². The normalized spacial score (nSPS) is 14.0. The Balaban J connectivity index is 4.82. The van der Waals surface area contributed by atoms with Gasteiger partial charge in [-0.1, -0.05) is 32.9 Å². The van der Waals surface area contributed by atoms with Crippen LogP contribution < -0.4 is 0 Å². The van der Waals surface area contributed by atoms with Gasteiger partial charge in [0.2, 0.25) is 0 Å². The summed E-state index contributed by atoms with van der Waals surface area (Å²) in [4.78, 5) is 0. The first-order valence-electron chi connectivity index (χ1n) is 4.74. The molecule has 0 heterocycles. The third-order valence-corrected chi connectivity index (χ3v) is 3.24. The van der Waals surface area contributed by atoms with Gasteiger partial charge in [0.15, 0.2) is 0 Å². The minimum absolute atomic E-state index is 0.0920. The standard InChI is InChI=1S/C10H21NO/c1-6-10(7-2,8(3)4)9(5)11-12/h8,12H,6-7H2,1-5H3. The SMILES string of the molecule is CCC(CC)(C(C)=NO)C(C)C. The van der Waals surface area contributed by atoms with Crippen molar-refractivity contribution in [2.24, 2.45) is 16.5 Å². The van der Waals surface area contributed by atoms with Crippen molar-refractivity contribution >= 4 is 5.71 Å². The number of oxime groups is 1. The molecular formula is C10H21NO. The van der Waals surface area contributed by atoms with Crippen molar-refractivity contribution in [3.63, 3.8) is 0 Å². The summed E-state index contributed by atoms with van der Waals surface area (Å²) in [5.41, 5.74) is 0.955. The maximum Gasteiger partial charge on any atom is 0.0603 e. The van der Waals surface area contributed by atoms with E-state index in [1.165, 1.54) is 0 Å². The molecule has 2 nitrogen and oxygen atoms in total. The molecule has 0 aliphatic heterocycles. The second kappa shape index (κ2) is 4.48. The summed E-state index contributed by atoms with van der Waals surface area (Å²) in [6, 6.07) is 0. The molecule has 1 N–H and O–H groups in total. The van der Waals surface area contributed by atoms with Crippen LogP contribution in [0.2, 0.25) is 0 Å². The Morgan fingerprint density at radius 3 is 1.83 bits per heavy atom. The van der Waals surface area contributed by atoms with Crippen LogP contribution in [-0.2, 0) is 0 Å². The Morgan fingerprint density at radius 1 is 1.33 bits per heavy atom. The van der Waals surface area contributed by atoms with E-state index in [0.29, 0.717) is 5.92 Å². The van der Waals surface area contributed by atoms with E-state index in [1.54, 1.807) is 0 Å². The van der Waals surface area contributed by atoms with Gasteiger partial charge in [0, 0.05) is 5.41 Å². The van der Waals surface area contributed by atoms with Crippen LogP contribution in [0.4, 0.5) is 0 Å². The highest BCUT2D eigenvalue weighted by Crippen LogP contribution is 2.36. The van der Waals surface area contributed by atoms with Crippen molar-refractivity contribution in [3.8, 4) is 0 Å². The van der Waals surface area contributed by atoms with Gasteiger partial charge >= 0.3 is 0 Å². The number of rotatable bonds is 4. The van der Waals surface area contributed by atoms with Crippen LogP contribution in [0, 0.1) is 11.3 Å². The van der Waals surface area contributed by atoms with Crippen LogP contribution in [0.1, 0.15) is 47.5 Å². The third kappa shape index (κ3) is 1.79. The van der Waals surface area contributed by atoms with Gasteiger partial charge in [0.1, 0.15) is 0 Å². The molecule has 0 atom stereocenters. The van der Waals surface area contributed by atoms with Gasteiger partial charge in [-0.15, -0.1) is 0 Å². The minimum atomic E-state index is 0.0920. The fourth-order valence-corrected chi connectivity index (χ4v) is 2.10. The summed E-state index contributed by atoms with van der Waals surface area (Å²) in [5.74, 6) is 0.531. The van der Waals surface area contributed by atoms with Gasteiger partial charge < -0.3 is 5.21 Å². The predicted molar refractivity (Wildman–Crippen MR) is 52.7 cm³/mol. The monoisotopic (exact) mass is 171 g/mol. The predicted octanol–water partition coefficient (Wildman–Crippen LogP) is 3.30. The molecule has 0 aromatic carbocycles. The zero-order chi connectivity index (χ0) is 9.78. The van der Waals surface area contributed by atoms with E-state index >= 15 is 0 Å². The summed E-state index contributed by atoms with van der Waals surface area (Å²) in [7, 11) is 0. The Bertz CT molecular complexity index is 157. The highest BCUT2D eigenvalue weighted by atomic mass is 16.4. The molecule has 0 radical (unpaired) electrons. The molecule has 0 spiro atoms. The van der Waals surface area contributed by atoms with Gasteiger partial charge in [-0.05, 0) is 25.7 Å². The zero-order valence-electron chi connectivity index (χ0n) is 8.89. The Hall–Kier alpha value is -0.530. The van der Waals surface area contributed by atoms with E-state index < -0.39 is 0 Å². The molecule has 0 bridgehead atoms. The summed E-state index contributed by atoms with van der Waals surface area (Å²) in [5, 5.41) is 12.1. The topological polar surface area (TPSA) is 32.6 Å². The third-order valence-electron chi connectivity index (χ3n) is 3.24. The zero-order valence-corrected chi connectivity index (χ0v) is 8.89. The fourth-order valence-electron chi connectivity index (χ4n) is 2.10. The Morgan fingerprint density at radius 2 is 1.75 bits per heavy atom. The van der Waals surface area contributed by atoms with Crippen molar-refractivity contribution in [1.29, 1.82) is 0 Å². The van der Waals surface area contributed by atoms with E-state index in [9.17, 15) is 0 Å². The molecule has 72 valence electrons. The molecule has 0 unspecified atom stereocenters. The first-order valence-corrected chi connectivity index (χ1v) is 4.74.